The van der Waals surface area contributed by atoms with E-state index in [1.807, 2.05) is 31.2 Å². The molecule has 0 radical (unpaired) electrons. The molecule has 0 saturated heterocycles. The van der Waals surface area contributed by atoms with Crippen LogP contribution in [0.25, 0.3) is 0 Å². The summed E-state index contributed by atoms with van der Waals surface area (Å²) in [4.78, 5) is 11.5. The van der Waals surface area contributed by atoms with Crippen LogP contribution in [0.2, 0.25) is 0 Å². The summed E-state index contributed by atoms with van der Waals surface area (Å²) in [6.07, 6.45) is 1.02. The molecule has 0 saturated carbocycles. The summed E-state index contributed by atoms with van der Waals surface area (Å²) in [5.41, 5.74) is 1.88. The zero-order valence-electron chi connectivity index (χ0n) is 9.71. The minimum atomic E-state index is -0.657. The molecule has 88 valence electrons. The monoisotopic (exact) mass is 229 g/mol. The third-order valence-corrected chi connectivity index (χ3v) is 2.73. The van der Waals surface area contributed by atoms with Crippen molar-refractivity contribution >= 4 is 0 Å². The van der Waals surface area contributed by atoms with Gasteiger partial charge in [-0.3, -0.25) is 4.79 Å². The summed E-state index contributed by atoms with van der Waals surface area (Å²) in [5.74, 6) is 0. The van der Waals surface area contributed by atoms with Crippen LogP contribution in [0.4, 0.5) is 0 Å². The van der Waals surface area contributed by atoms with Gasteiger partial charge < -0.3 is 9.67 Å². The van der Waals surface area contributed by atoms with Gasteiger partial charge in [-0.2, -0.15) is 0 Å². The number of aryl methyl sites for hydroxylation is 1. The lowest BCUT2D eigenvalue weighted by Crippen LogP contribution is -2.21. The largest absolute Gasteiger partial charge is 0.387 e. The predicted octanol–water partition coefficient (Wildman–Crippen LogP) is 1.89. The highest BCUT2D eigenvalue weighted by Crippen LogP contribution is 2.14. The molecule has 2 rings (SSSR count). The number of hydrogen-bond acceptors (Lipinski definition) is 2. The Hall–Kier alpha value is -1.87. The highest BCUT2D eigenvalue weighted by Gasteiger charge is 2.08. The molecule has 17 heavy (non-hydrogen) atoms. The molecule has 3 nitrogen and oxygen atoms in total. The molecule has 0 spiro atoms. The quantitative estimate of drug-likeness (QED) is 0.873. The molecule has 0 aliphatic carbocycles. The molecule has 1 heterocycles. The summed E-state index contributed by atoms with van der Waals surface area (Å²) < 4.78 is 1.50. The van der Waals surface area contributed by atoms with Crippen LogP contribution in [-0.2, 0) is 6.54 Å². The fourth-order valence-electron chi connectivity index (χ4n) is 1.69. The van der Waals surface area contributed by atoms with Crippen molar-refractivity contribution in [1.82, 2.24) is 4.57 Å². The van der Waals surface area contributed by atoms with Gasteiger partial charge in [0, 0.05) is 12.3 Å². The van der Waals surface area contributed by atoms with Crippen LogP contribution in [0.5, 0.6) is 0 Å². The molecule has 1 unspecified atom stereocenters. The Morgan fingerprint density at radius 3 is 2.53 bits per heavy atom. The van der Waals surface area contributed by atoms with Crippen LogP contribution < -0.4 is 5.56 Å². The van der Waals surface area contributed by atoms with Gasteiger partial charge in [-0.15, -0.1) is 0 Å². The SMILES string of the molecule is Cc1ccc(C(O)Cn2ccccc2=O)cc1. The van der Waals surface area contributed by atoms with Crippen molar-refractivity contribution in [3.05, 3.63) is 70.1 Å². The first-order chi connectivity index (χ1) is 8.16. The van der Waals surface area contributed by atoms with Crippen LogP contribution in [0.3, 0.4) is 0 Å². The molecule has 1 atom stereocenters. The maximum absolute atomic E-state index is 11.5. The minimum absolute atomic E-state index is 0.0985. The molecule has 3 heteroatoms. The van der Waals surface area contributed by atoms with Crippen molar-refractivity contribution in [3.63, 3.8) is 0 Å². The Morgan fingerprint density at radius 1 is 1.18 bits per heavy atom. The number of aliphatic hydroxyl groups is 1. The number of hydrogen-bond donors (Lipinski definition) is 1. The second kappa shape index (κ2) is 4.97. The van der Waals surface area contributed by atoms with E-state index in [9.17, 15) is 9.90 Å². The Kier molecular flexibility index (Phi) is 3.40. The van der Waals surface area contributed by atoms with E-state index in [1.54, 1.807) is 18.3 Å². The number of pyridine rings is 1. The van der Waals surface area contributed by atoms with Gasteiger partial charge in [0.1, 0.15) is 0 Å². The number of aromatic nitrogens is 1. The highest BCUT2D eigenvalue weighted by molar-refractivity contribution is 5.23. The van der Waals surface area contributed by atoms with Gasteiger partial charge in [0.25, 0.3) is 5.56 Å². The van der Waals surface area contributed by atoms with Gasteiger partial charge in [-0.25, -0.2) is 0 Å². The van der Waals surface area contributed by atoms with E-state index >= 15 is 0 Å². The molecule has 0 bridgehead atoms. The first kappa shape index (κ1) is 11.6. The zero-order valence-corrected chi connectivity index (χ0v) is 9.71. The van der Waals surface area contributed by atoms with Crippen molar-refractivity contribution in [1.29, 1.82) is 0 Å². The van der Waals surface area contributed by atoms with Gasteiger partial charge in [0.05, 0.1) is 12.6 Å². The molecule has 0 amide bonds. The average molecular weight is 229 g/mol. The Morgan fingerprint density at radius 2 is 1.88 bits per heavy atom. The van der Waals surface area contributed by atoms with Gasteiger partial charge >= 0.3 is 0 Å². The molecule has 0 aliphatic heterocycles. The van der Waals surface area contributed by atoms with E-state index in [4.69, 9.17) is 0 Å². The lowest BCUT2D eigenvalue weighted by molar-refractivity contribution is 0.155. The molecule has 2 aromatic rings. The number of rotatable bonds is 3. The normalized spacial score (nSPS) is 12.4. The van der Waals surface area contributed by atoms with Crippen molar-refractivity contribution in [3.8, 4) is 0 Å². The fourth-order valence-corrected chi connectivity index (χ4v) is 1.69. The van der Waals surface area contributed by atoms with Crippen molar-refractivity contribution in [2.24, 2.45) is 0 Å². The topological polar surface area (TPSA) is 42.2 Å². The van der Waals surface area contributed by atoms with E-state index < -0.39 is 6.10 Å². The van der Waals surface area contributed by atoms with E-state index in [1.165, 1.54) is 10.6 Å². The molecule has 0 fully saturated rings. The Bertz CT molecular complexity index is 543. The van der Waals surface area contributed by atoms with Gasteiger partial charge in [0.15, 0.2) is 0 Å². The molecule has 1 N–H and O–H groups in total. The first-order valence-corrected chi connectivity index (χ1v) is 5.57. The van der Waals surface area contributed by atoms with Crippen molar-refractivity contribution < 1.29 is 5.11 Å². The van der Waals surface area contributed by atoms with Crippen molar-refractivity contribution in [2.75, 3.05) is 0 Å². The van der Waals surface area contributed by atoms with E-state index in [2.05, 4.69) is 0 Å². The summed E-state index contributed by atoms with van der Waals surface area (Å²) in [7, 11) is 0. The predicted molar refractivity (Wildman–Crippen MR) is 66.8 cm³/mol. The van der Waals surface area contributed by atoms with Gasteiger partial charge in [0.2, 0.25) is 0 Å². The third-order valence-electron chi connectivity index (χ3n) is 2.73. The Balaban J connectivity index is 2.17. The second-order valence-corrected chi connectivity index (χ2v) is 4.12. The van der Waals surface area contributed by atoms with Gasteiger partial charge in [-0.05, 0) is 18.6 Å². The highest BCUT2D eigenvalue weighted by atomic mass is 16.3. The van der Waals surface area contributed by atoms with E-state index in [-0.39, 0.29) is 12.1 Å². The molecular weight excluding hydrogens is 214 g/mol. The average Bonchev–Trinajstić information content (AvgIpc) is 2.33. The number of aliphatic hydroxyl groups excluding tert-OH is 1. The second-order valence-electron chi connectivity index (χ2n) is 4.12. The zero-order chi connectivity index (χ0) is 12.3. The summed E-state index contributed by atoms with van der Waals surface area (Å²) >= 11 is 0. The lowest BCUT2D eigenvalue weighted by atomic mass is 10.1. The van der Waals surface area contributed by atoms with Crippen LogP contribution >= 0.6 is 0 Å². The summed E-state index contributed by atoms with van der Waals surface area (Å²) in [6.45, 7) is 2.28. The van der Waals surface area contributed by atoms with Crippen molar-refractivity contribution in [2.45, 2.75) is 19.6 Å². The summed E-state index contributed by atoms with van der Waals surface area (Å²) in [6, 6.07) is 12.6. The third kappa shape index (κ3) is 2.82. The van der Waals surface area contributed by atoms with Crippen LogP contribution in [0, 0.1) is 6.92 Å². The van der Waals surface area contributed by atoms with E-state index in [0.29, 0.717) is 0 Å². The van der Waals surface area contributed by atoms with Crippen LogP contribution in [0.1, 0.15) is 17.2 Å². The molecular formula is C14H15NO2. The van der Waals surface area contributed by atoms with Crippen LogP contribution in [0.15, 0.2) is 53.5 Å². The Labute approximate surface area is 100.0 Å². The maximum atomic E-state index is 11.5. The first-order valence-electron chi connectivity index (χ1n) is 5.57. The maximum Gasteiger partial charge on any atom is 0.250 e. The molecule has 1 aromatic heterocycles. The smallest absolute Gasteiger partial charge is 0.250 e. The van der Waals surface area contributed by atoms with Gasteiger partial charge in [-0.1, -0.05) is 35.9 Å². The fraction of sp³-hybridized carbons (Fsp3) is 0.214. The minimum Gasteiger partial charge on any atom is -0.387 e. The standard InChI is InChI=1S/C14H15NO2/c1-11-5-7-12(8-6-11)13(16)10-15-9-3-2-4-14(15)17/h2-9,13,16H,10H2,1H3. The number of nitrogens with zero attached hydrogens (tertiary/aromatic N) is 1. The molecule has 0 aliphatic rings. The molecule has 1 aromatic carbocycles. The summed E-state index contributed by atoms with van der Waals surface area (Å²) in [5, 5.41) is 10.0. The van der Waals surface area contributed by atoms with E-state index in [0.717, 1.165) is 11.1 Å². The lowest BCUT2D eigenvalue weighted by Gasteiger charge is -2.12. The van der Waals surface area contributed by atoms with Crippen LogP contribution in [-0.4, -0.2) is 9.67 Å². The number of benzene rings is 1.